The van der Waals surface area contributed by atoms with Crippen molar-refractivity contribution in [3.05, 3.63) is 121 Å². The zero-order valence-corrected chi connectivity index (χ0v) is 17.9. The second-order valence-electron chi connectivity index (χ2n) is 8.51. The van der Waals surface area contributed by atoms with Crippen LogP contribution in [0.1, 0.15) is 0 Å². The molecule has 0 atom stereocenters. The maximum Gasteiger partial charge on any atom is 0.101 e. The highest BCUT2D eigenvalue weighted by Gasteiger charge is 2.20. The fraction of sp³-hybridized carbons (Fsp3) is 0. The molecule has 2 heteroatoms. The predicted molar refractivity (Wildman–Crippen MR) is 139 cm³/mol. The van der Waals surface area contributed by atoms with Gasteiger partial charge in [0.1, 0.15) is 5.69 Å². The maximum atomic E-state index is 5.11. The number of pyridine rings is 1. The Balaban J connectivity index is 1.68. The average Bonchev–Trinajstić information content (AvgIpc) is 3.25. The summed E-state index contributed by atoms with van der Waals surface area (Å²) in [6.45, 7) is 0. The van der Waals surface area contributed by atoms with E-state index in [1.54, 1.807) is 0 Å². The van der Waals surface area contributed by atoms with Gasteiger partial charge in [0.25, 0.3) is 0 Å². The number of hydrogen-bond donors (Lipinski definition) is 0. The fourth-order valence-electron chi connectivity index (χ4n) is 5.05. The lowest BCUT2D eigenvalue weighted by atomic mass is 9.91. The Labute approximate surface area is 191 Å². The minimum Gasteiger partial charge on any atom is -0.239 e. The third-order valence-corrected chi connectivity index (χ3v) is 6.58. The van der Waals surface area contributed by atoms with Crippen molar-refractivity contribution in [1.82, 2.24) is 9.61 Å². The summed E-state index contributed by atoms with van der Waals surface area (Å²) in [5.41, 5.74) is 5.64. The van der Waals surface area contributed by atoms with E-state index in [0.717, 1.165) is 16.8 Å². The van der Waals surface area contributed by atoms with Gasteiger partial charge in [-0.25, -0.2) is 4.52 Å². The van der Waals surface area contributed by atoms with Gasteiger partial charge in [-0.1, -0.05) is 103 Å². The predicted octanol–water partition coefficient (Wildman–Crippen LogP) is 8.13. The summed E-state index contributed by atoms with van der Waals surface area (Å²) in [7, 11) is 0. The summed E-state index contributed by atoms with van der Waals surface area (Å²) in [6, 6.07) is 41.0. The molecule has 0 aliphatic carbocycles. The zero-order valence-electron chi connectivity index (χ0n) is 17.9. The number of benzene rings is 5. The Morgan fingerprint density at radius 1 is 0.515 bits per heavy atom. The summed E-state index contributed by atoms with van der Waals surface area (Å²) in [5, 5.41) is 12.5. The molecule has 2 nitrogen and oxygen atoms in total. The normalized spacial score (nSPS) is 11.6. The molecule has 0 amide bonds. The van der Waals surface area contributed by atoms with Crippen LogP contribution in [0, 0.1) is 0 Å². The number of nitrogens with zero attached hydrogens (tertiary/aromatic N) is 2. The van der Waals surface area contributed by atoms with Crippen LogP contribution in [0.2, 0.25) is 0 Å². The Morgan fingerprint density at radius 2 is 1.15 bits per heavy atom. The monoisotopic (exact) mass is 420 g/mol. The first-order chi connectivity index (χ1) is 16.4. The van der Waals surface area contributed by atoms with Crippen molar-refractivity contribution in [3.8, 4) is 22.4 Å². The molecule has 7 aromatic rings. The number of hydrogen-bond acceptors (Lipinski definition) is 1. The van der Waals surface area contributed by atoms with Crippen LogP contribution in [0.5, 0.6) is 0 Å². The second-order valence-corrected chi connectivity index (χ2v) is 8.51. The van der Waals surface area contributed by atoms with Crippen LogP contribution in [0.3, 0.4) is 0 Å². The Hall–Kier alpha value is -4.43. The Kier molecular flexibility index (Phi) is 3.88. The molecular weight excluding hydrogens is 400 g/mol. The molecule has 0 fully saturated rings. The zero-order chi connectivity index (χ0) is 21.8. The van der Waals surface area contributed by atoms with Crippen molar-refractivity contribution in [3.63, 3.8) is 0 Å². The molecule has 5 aromatic carbocycles. The van der Waals surface area contributed by atoms with E-state index in [1.807, 2.05) is 4.52 Å². The highest BCUT2D eigenvalue weighted by atomic mass is 15.2. The van der Waals surface area contributed by atoms with Crippen molar-refractivity contribution >= 4 is 37.8 Å². The van der Waals surface area contributed by atoms with E-state index in [4.69, 9.17) is 5.10 Å². The Bertz CT molecular complexity index is 1810. The molecule has 0 saturated carbocycles. The molecule has 0 N–H and O–H groups in total. The summed E-state index contributed by atoms with van der Waals surface area (Å²) in [5.74, 6) is 0. The van der Waals surface area contributed by atoms with Gasteiger partial charge in [-0.15, -0.1) is 0 Å². The third-order valence-electron chi connectivity index (χ3n) is 6.58. The molecule has 7 rings (SSSR count). The van der Waals surface area contributed by atoms with E-state index in [-0.39, 0.29) is 0 Å². The topological polar surface area (TPSA) is 17.3 Å². The largest absolute Gasteiger partial charge is 0.239 e. The first kappa shape index (κ1) is 18.2. The number of fused-ring (bicyclic) bond motifs is 5. The first-order valence-corrected chi connectivity index (χ1v) is 11.2. The van der Waals surface area contributed by atoms with Crippen LogP contribution >= 0.6 is 0 Å². The van der Waals surface area contributed by atoms with E-state index in [1.165, 1.54) is 43.4 Å². The van der Waals surface area contributed by atoms with E-state index >= 15 is 0 Å². The molecule has 33 heavy (non-hydrogen) atoms. The molecule has 154 valence electrons. The molecule has 0 saturated heterocycles. The van der Waals surface area contributed by atoms with Crippen molar-refractivity contribution in [1.29, 1.82) is 0 Å². The summed E-state index contributed by atoms with van der Waals surface area (Å²) in [4.78, 5) is 0. The fourth-order valence-corrected chi connectivity index (χ4v) is 5.05. The smallest absolute Gasteiger partial charge is 0.101 e. The lowest BCUT2D eigenvalue weighted by molar-refractivity contribution is 0.974. The highest BCUT2D eigenvalue weighted by molar-refractivity contribution is 6.16. The first-order valence-electron chi connectivity index (χ1n) is 11.2. The van der Waals surface area contributed by atoms with Gasteiger partial charge in [0.2, 0.25) is 0 Å². The molecule has 0 bridgehead atoms. The van der Waals surface area contributed by atoms with Crippen LogP contribution in [0.4, 0.5) is 0 Å². The lowest BCUT2D eigenvalue weighted by Gasteiger charge is -2.12. The molecule has 2 aromatic heterocycles. The SMILES string of the molecule is c1ccc(-c2nn3cc4ccccc4cc3c2-c2cc3ccccc3c3ccccc23)cc1. The molecule has 0 radical (unpaired) electrons. The van der Waals surface area contributed by atoms with Crippen LogP contribution in [-0.4, -0.2) is 9.61 Å². The summed E-state index contributed by atoms with van der Waals surface area (Å²) < 4.78 is 2.05. The van der Waals surface area contributed by atoms with Gasteiger partial charge in [0.15, 0.2) is 0 Å². The minimum absolute atomic E-state index is 1.01. The summed E-state index contributed by atoms with van der Waals surface area (Å²) >= 11 is 0. The lowest BCUT2D eigenvalue weighted by Crippen LogP contribution is -1.88. The van der Waals surface area contributed by atoms with E-state index in [9.17, 15) is 0 Å². The Morgan fingerprint density at radius 3 is 1.97 bits per heavy atom. The molecule has 0 aliphatic heterocycles. The van der Waals surface area contributed by atoms with Gasteiger partial charge < -0.3 is 0 Å². The van der Waals surface area contributed by atoms with Crippen molar-refractivity contribution in [2.24, 2.45) is 0 Å². The van der Waals surface area contributed by atoms with E-state index < -0.39 is 0 Å². The van der Waals surface area contributed by atoms with Crippen molar-refractivity contribution in [2.75, 3.05) is 0 Å². The van der Waals surface area contributed by atoms with Crippen LogP contribution in [0.15, 0.2) is 121 Å². The average molecular weight is 421 g/mol. The second kappa shape index (κ2) is 7.04. The van der Waals surface area contributed by atoms with Crippen molar-refractivity contribution in [2.45, 2.75) is 0 Å². The van der Waals surface area contributed by atoms with Gasteiger partial charge >= 0.3 is 0 Å². The third kappa shape index (κ3) is 2.78. The number of aromatic nitrogens is 2. The van der Waals surface area contributed by atoms with Gasteiger partial charge in [-0.3, -0.25) is 0 Å². The quantitative estimate of drug-likeness (QED) is 0.258. The van der Waals surface area contributed by atoms with Crippen molar-refractivity contribution < 1.29 is 0 Å². The molecule has 0 unspecified atom stereocenters. The van der Waals surface area contributed by atoms with Crippen LogP contribution < -0.4 is 0 Å². The molecule has 2 heterocycles. The van der Waals surface area contributed by atoms with Gasteiger partial charge in [-0.2, -0.15) is 5.10 Å². The highest BCUT2D eigenvalue weighted by Crippen LogP contribution is 2.42. The number of rotatable bonds is 2. The maximum absolute atomic E-state index is 5.11. The van der Waals surface area contributed by atoms with E-state index in [0.29, 0.717) is 0 Å². The van der Waals surface area contributed by atoms with Crippen LogP contribution in [-0.2, 0) is 0 Å². The molecule has 0 aliphatic rings. The van der Waals surface area contributed by atoms with Gasteiger partial charge in [0, 0.05) is 22.7 Å². The van der Waals surface area contributed by atoms with Crippen LogP contribution in [0.25, 0.3) is 60.2 Å². The molecule has 0 spiro atoms. The summed E-state index contributed by atoms with van der Waals surface area (Å²) in [6.07, 6.45) is 2.14. The standard InChI is InChI=1S/C31H20N2/c1-2-10-21(11-3-1)31-30(29-19-22-12-4-5-14-24(22)20-33(29)32-31)28-18-23-13-6-7-15-25(23)26-16-8-9-17-27(26)28/h1-20H. The van der Waals surface area contributed by atoms with Gasteiger partial charge in [0.05, 0.1) is 5.52 Å². The molecular formula is C31H20N2. The van der Waals surface area contributed by atoms with Gasteiger partial charge in [-0.05, 0) is 44.6 Å². The van der Waals surface area contributed by atoms with E-state index in [2.05, 4.69) is 121 Å². The minimum atomic E-state index is 1.01.